The van der Waals surface area contributed by atoms with E-state index >= 15 is 0 Å². The Labute approximate surface area is 33.9 Å². The molecule has 1 atom stereocenters. The molecule has 0 N–H and O–H groups in total. The van der Waals surface area contributed by atoms with Gasteiger partial charge in [-0.1, -0.05) is 0 Å². The zero-order valence-electron chi connectivity index (χ0n) is 2.85. The Balaban J connectivity index is 2.00. The van der Waals surface area contributed by atoms with E-state index in [1.807, 2.05) is 0 Å². The quantitative estimate of drug-likeness (QED) is 0.341. The Morgan fingerprint density at radius 3 is 2.60 bits per heavy atom. The minimum Gasteiger partial charge on any atom is -0.373 e. The molecule has 1 nitrogen and oxygen atoms in total. The van der Waals surface area contributed by atoms with Crippen molar-refractivity contribution in [2.75, 3.05) is 12.8 Å². The fraction of sp³-hybridized carbons (Fsp3) is 1.00. The lowest BCUT2D eigenvalue weighted by Crippen LogP contribution is -1.79. The number of ether oxygens (including phenoxy) is 1. The minimum absolute atomic E-state index is 0.498. The van der Waals surface area contributed by atoms with Crippen LogP contribution in [0.2, 0.25) is 0 Å². The highest BCUT2D eigenvalue weighted by Gasteiger charge is 2.18. The van der Waals surface area contributed by atoms with Crippen molar-refractivity contribution in [3.05, 3.63) is 0 Å². The summed E-state index contributed by atoms with van der Waals surface area (Å²) >= 11 is 0. The van der Waals surface area contributed by atoms with E-state index in [2.05, 4.69) is 9.24 Å². The zero-order valence-corrected chi connectivity index (χ0v) is 3.74. The summed E-state index contributed by atoms with van der Waals surface area (Å²) in [6.07, 6.45) is 1.39. The van der Waals surface area contributed by atoms with Crippen LogP contribution in [0, 0.1) is 0 Å². The molecule has 28 valence electrons. The second-order valence-electron chi connectivity index (χ2n) is 1.14. The molecule has 5 heavy (non-hydrogen) atoms. The lowest BCUT2D eigenvalue weighted by Gasteiger charge is -1.67. The SMILES string of the molecule is [P]CC1CO1. The summed E-state index contributed by atoms with van der Waals surface area (Å²) in [5.74, 6) is 0. The first-order chi connectivity index (χ1) is 2.43. The first-order valence-corrected chi connectivity index (χ1v) is 2.29. The maximum Gasteiger partial charge on any atom is 0.0855 e. The normalized spacial score (nSPS) is 34.2. The molecule has 1 saturated heterocycles. The molecule has 1 fully saturated rings. The zero-order chi connectivity index (χ0) is 3.70. The van der Waals surface area contributed by atoms with Gasteiger partial charge in [0.15, 0.2) is 0 Å². The third-order valence-electron chi connectivity index (χ3n) is 0.606. The lowest BCUT2D eigenvalue weighted by molar-refractivity contribution is 0.426. The van der Waals surface area contributed by atoms with Crippen molar-refractivity contribution >= 4 is 9.24 Å². The Bertz CT molecular complexity index is 33.9. The Kier molecular flexibility index (Phi) is 0.884. The lowest BCUT2D eigenvalue weighted by atomic mass is 10.6. The van der Waals surface area contributed by atoms with Crippen LogP contribution in [0.15, 0.2) is 0 Å². The van der Waals surface area contributed by atoms with Crippen LogP contribution in [0.4, 0.5) is 0 Å². The maximum absolute atomic E-state index is 4.78. The third kappa shape index (κ3) is 0.863. The molecule has 0 spiro atoms. The van der Waals surface area contributed by atoms with Crippen LogP contribution < -0.4 is 0 Å². The van der Waals surface area contributed by atoms with Crippen LogP contribution in [0.5, 0.6) is 0 Å². The molecule has 1 aliphatic heterocycles. The van der Waals surface area contributed by atoms with E-state index in [0.717, 1.165) is 12.8 Å². The predicted octanol–water partition coefficient (Wildman–Crippen LogP) is 0.796. The Hall–Kier alpha value is 0.390. The molecule has 0 aliphatic carbocycles. The number of hydrogen-bond acceptors (Lipinski definition) is 1. The van der Waals surface area contributed by atoms with Crippen molar-refractivity contribution < 1.29 is 4.74 Å². The molecule has 1 rings (SSSR count). The van der Waals surface area contributed by atoms with E-state index in [4.69, 9.17) is 4.74 Å². The van der Waals surface area contributed by atoms with E-state index in [1.54, 1.807) is 0 Å². The molecule has 2 radical (unpaired) electrons. The molecule has 1 unspecified atom stereocenters. The van der Waals surface area contributed by atoms with E-state index in [1.165, 1.54) is 0 Å². The third-order valence-corrected chi connectivity index (χ3v) is 1.01. The van der Waals surface area contributed by atoms with Crippen LogP contribution in [-0.2, 0) is 4.74 Å². The van der Waals surface area contributed by atoms with Crippen LogP contribution in [0.25, 0.3) is 0 Å². The van der Waals surface area contributed by atoms with Gasteiger partial charge in [-0.25, -0.2) is 0 Å². The van der Waals surface area contributed by atoms with Gasteiger partial charge < -0.3 is 4.74 Å². The van der Waals surface area contributed by atoms with Crippen LogP contribution in [0.3, 0.4) is 0 Å². The van der Waals surface area contributed by atoms with Crippen molar-refractivity contribution in [1.82, 2.24) is 0 Å². The predicted molar refractivity (Wildman–Crippen MR) is 21.5 cm³/mol. The molecular formula is C3H5OP. The highest BCUT2D eigenvalue weighted by Crippen LogP contribution is 2.10. The molecule has 0 amide bonds. The van der Waals surface area contributed by atoms with Gasteiger partial charge in [0.2, 0.25) is 0 Å². The minimum atomic E-state index is 0.498. The summed E-state index contributed by atoms with van der Waals surface area (Å²) in [5, 5.41) is 0. The molecule has 2 heteroatoms. The summed E-state index contributed by atoms with van der Waals surface area (Å²) in [6, 6.07) is 0. The van der Waals surface area contributed by atoms with Gasteiger partial charge in [0, 0.05) is 6.16 Å². The van der Waals surface area contributed by atoms with Crippen molar-refractivity contribution in [1.29, 1.82) is 0 Å². The molecule has 0 saturated carbocycles. The molecule has 1 heterocycles. The van der Waals surface area contributed by atoms with E-state index in [-0.39, 0.29) is 0 Å². The topological polar surface area (TPSA) is 12.5 Å². The number of hydrogen-bond donors (Lipinski definition) is 0. The average molecular weight is 88.0 g/mol. The smallest absolute Gasteiger partial charge is 0.0855 e. The van der Waals surface area contributed by atoms with Crippen molar-refractivity contribution in [3.63, 3.8) is 0 Å². The highest BCUT2D eigenvalue weighted by atomic mass is 31.0. The van der Waals surface area contributed by atoms with Gasteiger partial charge in [-0.15, -0.1) is 0 Å². The van der Waals surface area contributed by atoms with Gasteiger partial charge in [-0.05, 0) is 9.24 Å². The molecule has 0 aromatic rings. The molecule has 0 aromatic carbocycles. The fourth-order valence-corrected chi connectivity index (χ4v) is 0.384. The van der Waals surface area contributed by atoms with E-state index in [0.29, 0.717) is 6.10 Å². The number of rotatable bonds is 1. The second kappa shape index (κ2) is 1.24. The highest BCUT2D eigenvalue weighted by molar-refractivity contribution is 7.16. The van der Waals surface area contributed by atoms with Gasteiger partial charge >= 0.3 is 0 Å². The van der Waals surface area contributed by atoms with Crippen molar-refractivity contribution in [2.24, 2.45) is 0 Å². The summed E-state index contributed by atoms with van der Waals surface area (Å²) in [5.41, 5.74) is 0. The van der Waals surface area contributed by atoms with Crippen molar-refractivity contribution in [3.8, 4) is 0 Å². The van der Waals surface area contributed by atoms with Crippen LogP contribution >= 0.6 is 9.24 Å². The molecule has 0 bridgehead atoms. The first-order valence-electron chi connectivity index (χ1n) is 1.66. The van der Waals surface area contributed by atoms with Crippen LogP contribution in [0.1, 0.15) is 0 Å². The van der Waals surface area contributed by atoms with Gasteiger partial charge in [0.1, 0.15) is 0 Å². The standard InChI is InChI=1S/C3H5OP/c5-2-3-1-4-3/h3H,1-2H2. The monoisotopic (exact) mass is 88.0 g/mol. The summed E-state index contributed by atoms with van der Waals surface area (Å²) < 4.78 is 4.78. The van der Waals surface area contributed by atoms with Gasteiger partial charge in [-0.2, -0.15) is 0 Å². The summed E-state index contributed by atoms with van der Waals surface area (Å²) in [6.45, 7) is 0.934. The van der Waals surface area contributed by atoms with Gasteiger partial charge in [0.25, 0.3) is 0 Å². The Morgan fingerprint density at radius 1 is 2.00 bits per heavy atom. The number of epoxide rings is 1. The second-order valence-corrected chi connectivity index (χ2v) is 1.50. The molecule has 0 aromatic heterocycles. The average Bonchev–Trinajstić information content (AvgIpc) is 2.12. The molecular weight excluding hydrogens is 83.0 g/mol. The first kappa shape index (κ1) is 3.58. The van der Waals surface area contributed by atoms with E-state index in [9.17, 15) is 0 Å². The van der Waals surface area contributed by atoms with Gasteiger partial charge in [-0.3, -0.25) is 0 Å². The Morgan fingerprint density at radius 2 is 2.60 bits per heavy atom. The maximum atomic E-state index is 4.78. The molecule has 1 aliphatic rings. The largest absolute Gasteiger partial charge is 0.373 e. The van der Waals surface area contributed by atoms with Crippen LogP contribution in [-0.4, -0.2) is 18.9 Å². The van der Waals surface area contributed by atoms with Crippen molar-refractivity contribution in [2.45, 2.75) is 6.10 Å². The fourth-order valence-electron chi connectivity index (χ4n) is 0.173. The van der Waals surface area contributed by atoms with Gasteiger partial charge in [0.05, 0.1) is 12.7 Å². The van der Waals surface area contributed by atoms with E-state index < -0.39 is 0 Å². The summed E-state index contributed by atoms with van der Waals surface area (Å²) in [7, 11) is 3.95. The summed E-state index contributed by atoms with van der Waals surface area (Å²) in [4.78, 5) is 0.